The van der Waals surface area contributed by atoms with Crippen LogP contribution in [0.15, 0.2) is 113 Å². The van der Waals surface area contributed by atoms with Gasteiger partial charge < -0.3 is 14.7 Å². The van der Waals surface area contributed by atoms with Crippen LogP contribution in [0.25, 0.3) is 0 Å². The molecule has 0 saturated heterocycles. The van der Waals surface area contributed by atoms with E-state index in [-0.39, 0.29) is 0 Å². The number of anilines is 6. The van der Waals surface area contributed by atoms with Crippen molar-refractivity contribution in [3.8, 4) is 11.8 Å². The fraction of sp³-hybridized carbons (Fsp3) is 0.448. The summed E-state index contributed by atoms with van der Waals surface area (Å²) in [5, 5.41) is 8.59. The van der Waals surface area contributed by atoms with Gasteiger partial charge in [-0.3, -0.25) is 0 Å². The van der Waals surface area contributed by atoms with Gasteiger partial charge in [0, 0.05) is 76.0 Å². The molecule has 5 aromatic rings. The smallest absolute Gasteiger partial charge is 0.341 e. The Kier molecular flexibility index (Phi) is 15.5. The molecule has 0 fully saturated rings. The van der Waals surface area contributed by atoms with Crippen molar-refractivity contribution in [1.82, 2.24) is 0 Å². The lowest BCUT2D eigenvalue weighted by Gasteiger charge is -2.54. The van der Waals surface area contributed by atoms with Crippen molar-refractivity contribution < 1.29 is 13.2 Å². The van der Waals surface area contributed by atoms with Gasteiger partial charge in [-0.2, -0.15) is 23.4 Å². The topological polar surface area (TPSA) is 34.4 Å². The fourth-order valence-corrected chi connectivity index (χ4v) is 10.5. The highest BCUT2D eigenvalue weighted by atomic mass is 19.4. The standard InChI is InChI=1S/C58H68F3N5/c1-4-7-10-13-16-19-41-64-48-25-22-27-50-54(48)57(40-39-44-31-35-46(36-32-44)62-63-47-37-33-45(34-38-47)58(59,60)61)55-49(64)26-23-28-51(55)66(43-21-18-15-12-9-6-3)53-30-24-29-52(56(53)57)65(50)42-20-17-14-11-8-5-2/h22-38H,4-21,41-43H2,1-3H3. The normalized spacial score (nSPS) is 14.1. The van der Waals surface area contributed by atoms with Gasteiger partial charge >= 0.3 is 6.18 Å². The summed E-state index contributed by atoms with van der Waals surface area (Å²) in [6.45, 7) is 9.71. The van der Waals surface area contributed by atoms with Crippen LogP contribution in [0.2, 0.25) is 0 Å². The lowest BCUT2D eigenvalue weighted by molar-refractivity contribution is -0.137. The van der Waals surface area contributed by atoms with E-state index in [1.165, 1.54) is 159 Å². The van der Waals surface area contributed by atoms with Gasteiger partial charge in [0.1, 0.15) is 5.41 Å². The summed E-state index contributed by atoms with van der Waals surface area (Å²) in [7, 11) is 0. The third-order valence-corrected chi connectivity index (χ3v) is 13.9. The molecule has 0 radical (unpaired) electrons. The first-order valence-corrected chi connectivity index (χ1v) is 25.3. The van der Waals surface area contributed by atoms with Crippen LogP contribution in [-0.2, 0) is 11.6 Å². The number of benzene rings is 5. The predicted molar refractivity (Wildman–Crippen MR) is 269 cm³/mol. The maximum absolute atomic E-state index is 13.1. The highest BCUT2D eigenvalue weighted by Crippen LogP contribution is 2.66. The van der Waals surface area contributed by atoms with Gasteiger partial charge in [0.15, 0.2) is 0 Å². The minimum atomic E-state index is -4.40. The zero-order valence-corrected chi connectivity index (χ0v) is 39.5. The molecule has 0 saturated carbocycles. The molecule has 0 bridgehead atoms. The van der Waals surface area contributed by atoms with E-state index < -0.39 is 17.2 Å². The number of hydrogen-bond acceptors (Lipinski definition) is 5. The lowest BCUT2D eigenvalue weighted by Crippen LogP contribution is -2.47. The second kappa shape index (κ2) is 21.8. The van der Waals surface area contributed by atoms with E-state index in [4.69, 9.17) is 0 Å². The van der Waals surface area contributed by atoms with E-state index in [1.807, 2.05) is 24.3 Å². The Morgan fingerprint density at radius 1 is 0.424 bits per heavy atom. The molecule has 0 N–H and O–H groups in total. The molecular weight excluding hydrogens is 824 g/mol. The zero-order valence-electron chi connectivity index (χ0n) is 39.5. The SMILES string of the molecule is CCCCCCCCN1c2cccc3c2C2(C#Cc4ccc(N=Nc5ccc(C(F)(F)F)cc5)cc4)c4c1cccc4N(CCCCCCCC)c1cccc(c12)N3CCCCCCCC. The second-order valence-electron chi connectivity index (χ2n) is 18.6. The van der Waals surface area contributed by atoms with E-state index in [0.29, 0.717) is 11.4 Å². The summed E-state index contributed by atoms with van der Waals surface area (Å²) >= 11 is 0. The average Bonchev–Trinajstić information content (AvgIpc) is 3.33. The van der Waals surface area contributed by atoms with Crippen LogP contribution in [0.5, 0.6) is 0 Å². The zero-order chi connectivity index (χ0) is 45.9. The highest BCUT2D eigenvalue weighted by molar-refractivity contribution is 6.02. The van der Waals surface area contributed by atoms with Crippen molar-refractivity contribution in [2.75, 3.05) is 34.3 Å². The molecule has 0 atom stereocenters. The minimum Gasteiger partial charge on any atom is -0.341 e. The largest absolute Gasteiger partial charge is 0.416 e. The van der Waals surface area contributed by atoms with E-state index >= 15 is 0 Å². The monoisotopic (exact) mass is 892 g/mol. The molecule has 0 unspecified atom stereocenters. The highest BCUT2D eigenvalue weighted by Gasteiger charge is 2.55. The first-order valence-electron chi connectivity index (χ1n) is 25.3. The number of alkyl halides is 3. The van der Waals surface area contributed by atoms with Crippen LogP contribution < -0.4 is 14.7 Å². The number of hydrogen-bond donors (Lipinski definition) is 0. The van der Waals surface area contributed by atoms with Gasteiger partial charge in [0.05, 0.1) is 16.9 Å². The Bertz CT molecular complexity index is 2240. The van der Waals surface area contributed by atoms with Crippen LogP contribution >= 0.6 is 0 Å². The lowest BCUT2D eigenvalue weighted by atomic mass is 9.61. The third kappa shape index (κ3) is 9.92. The first kappa shape index (κ1) is 47.0. The van der Waals surface area contributed by atoms with Gasteiger partial charge in [-0.1, -0.05) is 147 Å². The Hall–Kier alpha value is -5.55. The molecule has 3 aliphatic heterocycles. The van der Waals surface area contributed by atoms with E-state index in [1.54, 1.807) is 0 Å². The summed E-state index contributed by atoms with van der Waals surface area (Å²) in [6.07, 6.45) is 17.9. The molecule has 3 aliphatic rings. The number of halogens is 3. The molecule has 8 rings (SSSR count). The molecule has 3 heterocycles. The van der Waals surface area contributed by atoms with Gasteiger partial charge in [0.2, 0.25) is 0 Å². The van der Waals surface area contributed by atoms with E-state index in [9.17, 15) is 13.2 Å². The Morgan fingerprint density at radius 2 is 0.742 bits per heavy atom. The Morgan fingerprint density at radius 3 is 1.08 bits per heavy atom. The number of azo groups is 1. The summed E-state index contributed by atoms with van der Waals surface area (Å²) < 4.78 is 39.4. The predicted octanol–water partition coefficient (Wildman–Crippen LogP) is 17.9. The Labute approximate surface area is 392 Å². The summed E-state index contributed by atoms with van der Waals surface area (Å²) in [6, 6.07) is 33.4. The fourth-order valence-electron chi connectivity index (χ4n) is 10.5. The molecule has 66 heavy (non-hydrogen) atoms. The number of rotatable bonds is 23. The van der Waals surface area contributed by atoms with Crippen LogP contribution in [0.4, 0.5) is 58.7 Å². The second-order valence-corrected chi connectivity index (χ2v) is 18.6. The maximum atomic E-state index is 13.1. The van der Waals surface area contributed by atoms with Crippen molar-refractivity contribution in [3.63, 3.8) is 0 Å². The molecule has 5 nitrogen and oxygen atoms in total. The molecule has 0 amide bonds. The summed E-state index contributed by atoms with van der Waals surface area (Å²) in [5.74, 6) is 7.84. The average molecular weight is 892 g/mol. The maximum Gasteiger partial charge on any atom is 0.416 e. The van der Waals surface area contributed by atoms with E-state index in [2.05, 4.69) is 112 Å². The molecule has 346 valence electrons. The van der Waals surface area contributed by atoms with Crippen LogP contribution in [0.3, 0.4) is 0 Å². The number of unbranched alkanes of at least 4 members (excludes halogenated alkanes) is 15. The number of nitrogens with zero attached hydrogens (tertiary/aromatic N) is 5. The van der Waals surface area contributed by atoms with Gasteiger partial charge in [-0.05, 0) is 104 Å². The summed E-state index contributed by atoms with van der Waals surface area (Å²) in [4.78, 5) is 7.91. The quantitative estimate of drug-likeness (QED) is 0.0372. The molecule has 0 aromatic heterocycles. The van der Waals surface area contributed by atoms with Gasteiger partial charge in [-0.15, -0.1) is 0 Å². The third-order valence-electron chi connectivity index (χ3n) is 13.9. The van der Waals surface area contributed by atoms with Crippen molar-refractivity contribution in [1.29, 1.82) is 0 Å². The first-order chi connectivity index (χ1) is 32.3. The molecule has 8 heteroatoms. The molecular formula is C58H68F3N5. The van der Waals surface area contributed by atoms with Crippen molar-refractivity contribution in [2.24, 2.45) is 10.2 Å². The Balaban J connectivity index is 1.23. The molecule has 5 aromatic carbocycles. The van der Waals surface area contributed by atoms with Crippen LogP contribution in [0.1, 0.15) is 164 Å². The van der Waals surface area contributed by atoms with Crippen LogP contribution in [0, 0.1) is 11.8 Å². The van der Waals surface area contributed by atoms with Gasteiger partial charge in [0.25, 0.3) is 0 Å². The van der Waals surface area contributed by atoms with E-state index in [0.717, 1.165) is 56.6 Å². The van der Waals surface area contributed by atoms with Gasteiger partial charge in [-0.25, -0.2) is 0 Å². The van der Waals surface area contributed by atoms with Crippen LogP contribution in [-0.4, -0.2) is 19.6 Å². The minimum absolute atomic E-state index is 0.357. The molecule has 0 spiro atoms. The summed E-state index contributed by atoms with van der Waals surface area (Å²) in [5.41, 5.74) is 11.9. The van der Waals surface area contributed by atoms with Crippen molar-refractivity contribution >= 4 is 45.5 Å². The van der Waals surface area contributed by atoms with Crippen molar-refractivity contribution in [2.45, 2.75) is 148 Å². The molecule has 0 aliphatic carbocycles. The van der Waals surface area contributed by atoms with Crippen molar-refractivity contribution in [3.05, 3.63) is 131 Å².